The number of unbranched alkanes of at least 4 members (excludes halogenated alkanes) is 1. The Labute approximate surface area is 246 Å². The van der Waals surface area contributed by atoms with E-state index in [-0.39, 0.29) is 35.7 Å². The summed E-state index contributed by atoms with van der Waals surface area (Å²) in [5, 5.41) is 9.44. The van der Waals surface area contributed by atoms with Crippen molar-refractivity contribution in [2.24, 2.45) is 11.8 Å². The van der Waals surface area contributed by atoms with Crippen LogP contribution < -0.4 is 4.90 Å². The Kier molecular flexibility index (Phi) is 9.58. The van der Waals surface area contributed by atoms with Crippen LogP contribution in [0.4, 0.5) is 5.69 Å². The van der Waals surface area contributed by atoms with Crippen molar-refractivity contribution in [1.29, 1.82) is 0 Å². The van der Waals surface area contributed by atoms with Crippen LogP contribution in [-0.4, -0.2) is 88.0 Å². The molecule has 1 N–H and O–H groups in total. The predicted octanol–water partition coefficient (Wildman–Crippen LogP) is 3.77. The number of fused-ring (bicyclic) bond motifs is 1. The number of anilines is 1. The van der Waals surface area contributed by atoms with Gasteiger partial charge in [-0.15, -0.1) is 13.2 Å². The number of likely N-dealkylation sites (tertiary alicyclic amines) is 1. The summed E-state index contributed by atoms with van der Waals surface area (Å²) in [5.74, 6) is -2.03. The van der Waals surface area contributed by atoms with E-state index in [4.69, 9.17) is 4.74 Å². The molecule has 4 rings (SSSR count). The number of ether oxygens (including phenoxy) is 1. The van der Waals surface area contributed by atoms with E-state index in [2.05, 4.69) is 29.1 Å². The van der Waals surface area contributed by atoms with Gasteiger partial charge in [0.2, 0.25) is 11.8 Å². The fourth-order valence-corrected chi connectivity index (χ4v) is 7.79. The average molecular weight is 617 g/mol. The summed E-state index contributed by atoms with van der Waals surface area (Å²) in [7, 11) is 0. The first kappa shape index (κ1) is 30.5. The van der Waals surface area contributed by atoms with E-state index in [1.807, 2.05) is 39.0 Å². The fraction of sp³-hybridized carbons (Fsp3) is 0.581. The topological polar surface area (TPSA) is 90.4 Å². The lowest BCUT2D eigenvalue weighted by molar-refractivity contribution is -0.145. The first-order valence-electron chi connectivity index (χ1n) is 14.3. The van der Waals surface area contributed by atoms with Crippen LogP contribution in [0.3, 0.4) is 0 Å². The maximum Gasteiger partial charge on any atom is 0.253 e. The molecule has 0 aliphatic carbocycles. The van der Waals surface area contributed by atoms with Gasteiger partial charge in [0, 0.05) is 43.3 Å². The van der Waals surface area contributed by atoms with Crippen molar-refractivity contribution in [3.05, 3.63) is 54.6 Å². The molecule has 218 valence electrons. The number of benzene rings is 1. The van der Waals surface area contributed by atoms with Crippen molar-refractivity contribution < 1.29 is 24.2 Å². The molecule has 1 aromatic carbocycles. The summed E-state index contributed by atoms with van der Waals surface area (Å²) in [6, 6.07) is 5.06. The molecule has 0 saturated carbocycles. The molecule has 0 aromatic heterocycles. The highest BCUT2D eigenvalue weighted by atomic mass is 79.9. The van der Waals surface area contributed by atoms with Gasteiger partial charge >= 0.3 is 0 Å². The Bertz CT molecular complexity index is 1160. The van der Waals surface area contributed by atoms with Crippen LogP contribution in [0.25, 0.3) is 0 Å². The highest BCUT2D eigenvalue weighted by molar-refractivity contribution is 9.09. The van der Waals surface area contributed by atoms with Crippen molar-refractivity contribution in [2.45, 2.75) is 69.0 Å². The monoisotopic (exact) mass is 615 g/mol. The maximum atomic E-state index is 14.7. The Morgan fingerprint density at radius 1 is 1.20 bits per heavy atom. The molecule has 3 fully saturated rings. The third kappa shape index (κ3) is 5.16. The molecular formula is C31H42BrN3O5. The van der Waals surface area contributed by atoms with E-state index in [9.17, 15) is 19.5 Å². The highest BCUT2D eigenvalue weighted by Gasteiger charge is 2.76. The molecule has 3 heterocycles. The van der Waals surface area contributed by atoms with Crippen LogP contribution >= 0.6 is 15.9 Å². The normalized spacial score (nSPS) is 28.5. The molecule has 8 nitrogen and oxygen atoms in total. The third-order valence-electron chi connectivity index (χ3n) is 8.50. The lowest BCUT2D eigenvalue weighted by Gasteiger charge is -2.37. The van der Waals surface area contributed by atoms with Gasteiger partial charge in [-0.3, -0.25) is 14.4 Å². The van der Waals surface area contributed by atoms with Gasteiger partial charge in [0.1, 0.15) is 11.6 Å². The van der Waals surface area contributed by atoms with Gasteiger partial charge in [0.05, 0.1) is 17.9 Å². The molecule has 3 unspecified atom stereocenters. The van der Waals surface area contributed by atoms with E-state index in [0.29, 0.717) is 38.9 Å². The number of carbonyl (C=O) groups is 3. The van der Waals surface area contributed by atoms with Crippen molar-refractivity contribution in [2.75, 3.05) is 37.7 Å². The molecule has 3 amide bonds. The summed E-state index contributed by atoms with van der Waals surface area (Å²) in [6.45, 7) is 15.2. The number of hydrogen-bond donors (Lipinski definition) is 1. The number of hydrogen-bond acceptors (Lipinski definition) is 5. The zero-order valence-corrected chi connectivity index (χ0v) is 25.4. The Morgan fingerprint density at radius 3 is 2.58 bits per heavy atom. The SMILES string of the molecule is C=CCN(CCC)C(=O)[C@H]1[C@H]2C(=O)N(CCCCO)C(C(=O)N(CC=C)c3cc(C)ccc3C)C23CC(Br)[C@@H]1O3. The zero-order chi connectivity index (χ0) is 29.2. The summed E-state index contributed by atoms with van der Waals surface area (Å²) < 4.78 is 6.69. The predicted molar refractivity (Wildman–Crippen MR) is 159 cm³/mol. The first-order chi connectivity index (χ1) is 19.2. The summed E-state index contributed by atoms with van der Waals surface area (Å²) in [5.41, 5.74) is 1.59. The number of amides is 3. The quantitative estimate of drug-likeness (QED) is 0.207. The maximum absolute atomic E-state index is 14.7. The number of halogens is 1. The highest BCUT2D eigenvalue weighted by Crippen LogP contribution is 2.60. The van der Waals surface area contributed by atoms with E-state index in [0.717, 1.165) is 23.2 Å². The Balaban J connectivity index is 1.80. The van der Waals surface area contributed by atoms with Gasteiger partial charge in [0.15, 0.2) is 0 Å². The second-order valence-electron chi connectivity index (χ2n) is 11.2. The number of aryl methyl sites for hydroxylation is 2. The van der Waals surface area contributed by atoms with Crippen LogP contribution in [0.1, 0.15) is 43.7 Å². The van der Waals surface area contributed by atoms with Crippen molar-refractivity contribution in [3.63, 3.8) is 0 Å². The minimum absolute atomic E-state index is 0.00299. The van der Waals surface area contributed by atoms with Gasteiger partial charge < -0.3 is 24.5 Å². The number of carbonyl (C=O) groups excluding carboxylic acids is 3. The molecule has 40 heavy (non-hydrogen) atoms. The molecule has 1 aromatic rings. The molecule has 0 radical (unpaired) electrons. The molecule has 2 bridgehead atoms. The zero-order valence-electron chi connectivity index (χ0n) is 23.9. The van der Waals surface area contributed by atoms with Crippen LogP contribution in [0.15, 0.2) is 43.5 Å². The second-order valence-corrected chi connectivity index (χ2v) is 12.4. The lowest BCUT2D eigenvalue weighted by Crippen LogP contribution is -2.57. The second kappa shape index (κ2) is 12.6. The Hall–Kier alpha value is -2.49. The van der Waals surface area contributed by atoms with Crippen LogP contribution in [0.5, 0.6) is 0 Å². The Morgan fingerprint density at radius 2 is 1.93 bits per heavy atom. The third-order valence-corrected chi connectivity index (χ3v) is 9.35. The minimum Gasteiger partial charge on any atom is -0.396 e. The fourth-order valence-electron chi connectivity index (χ4n) is 6.85. The number of alkyl halides is 1. The first-order valence-corrected chi connectivity index (χ1v) is 15.2. The summed E-state index contributed by atoms with van der Waals surface area (Å²) >= 11 is 3.76. The number of nitrogens with zero attached hydrogens (tertiary/aromatic N) is 3. The smallest absolute Gasteiger partial charge is 0.253 e. The number of aliphatic hydroxyl groups excluding tert-OH is 1. The molecule has 9 heteroatoms. The minimum atomic E-state index is -1.13. The van der Waals surface area contributed by atoms with E-state index < -0.39 is 29.6 Å². The average Bonchev–Trinajstić information content (AvgIpc) is 3.51. The van der Waals surface area contributed by atoms with Crippen LogP contribution in [0.2, 0.25) is 0 Å². The van der Waals surface area contributed by atoms with Crippen molar-refractivity contribution >= 4 is 39.3 Å². The standard InChI is InChI=1S/C31H42BrN3O5/c1-6-13-33(14-7-2)28(37)24-25-29(38)35(16-9-10-17-36)27(31(25)19-22(32)26(24)40-31)30(39)34(15-8-3)23-18-20(4)11-12-21(23)5/h6,8,11-12,18,22,24-27,36H,1,3,7,9-10,13-17,19H2,2,4-5H3/t22?,24-,25-,26-,27?,31?/m0/s1. The molecule has 6 atom stereocenters. The molecule has 1 spiro atoms. The van der Waals surface area contributed by atoms with E-state index >= 15 is 0 Å². The van der Waals surface area contributed by atoms with Gasteiger partial charge in [0.25, 0.3) is 5.91 Å². The van der Waals surface area contributed by atoms with E-state index in [1.165, 1.54) is 0 Å². The molecular weight excluding hydrogens is 574 g/mol. The lowest BCUT2D eigenvalue weighted by atomic mass is 9.70. The van der Waals surface area contributed by atoms with Gasteiger partial charge in [-0.05, 0) is 56.7 Å². The summed E-state index contributed by atoms with van der Waals surface area (Å²) in [4.78, 5) is 47.8. The van der Waals surface area contributed by atoms with Crippen molar-refractivity contribution in [1.82, 2.24) is 9.80 Å². The largest absolute Gasteiger partial charge is 0.396 e. The van der Waals surface area contributed by atoms with Gasteiger partial charge in [-0.2, -0.15) is 0 Å². The number of rotatable bonds is 13. The van der Waals surface area contributed by atoms with Gasteiger partial charge in [-0.1, -0.05) is 47.1 Å². The van der Waals surface area contributed by atoms with Crippen LogP contribution in [-0.2, 0) is 19.1 Å². The molecule has 3 aliphatic rings. The van der Waals surface area contributed by atoms with Crippen LogP contribution in [0, 0.1) is 25.7 Å². The molecule has 3 aliphatic heterocycles. The van der Waals surface area contributed by atoms with Crippen molar-refractivity contribution in [3.8, 4) is 0 Å². The number of aliphatic hydroxyl groups is 1. The van der Waals surface area contributed by atoms with Gasteiger partial charge in [-0.25, -0.2) is 0 Å². The van der Waals surface area contributed by atoms with E-state index in [1.54, 1.807) is 26.9 Å². The summed E-state index contributed by atoms with van der Waals surface area (Å²) in [6.07, 6.45) is 5.16. The molecule has 3 saturated heterocycles.